The molecule has 1 fully saturated rings. The number of para-hydroxylation sites is 1. The number of carbonyl (C=O) groups excluding carboxylic acids is 2. The van der Waals surface area contributed by atoms with Crippen molar-refractivity contribution in [3.63, 3.8) is 0 Å². The second-order valence-electron chi connectivity index (χ2n) is 12.1. The number of anilines is 2. The molecule has 0 bridgehead atoms. The summed E-state index contributed by atoms with van der Waals surface area (Å²) in [6.07, 6.45) is 9.95. The Hall–Kier alpha value is -3.72. The zero-order chi connectivity index (χ0) is 29.9. The van der Waals surface area contributed by atoms with E-state index >= 15 is 0 Å². The van der Waals surface area contributed by atoms with Crippen LogP contribution in [0.5, 0.6) is 0 Å². The molecule has 9 heteroatoms. The van der Waals surface area contributed by atoms with Gasteiger partial charge in [0.25, 0.3) is 0 Å². The van der Waals surface area contributed by atoms with E-state index in [1.165, 1.54) is 24.1 Å². The number of fused-ring (bicyclic) bond motifs is 2. The van der Waals surface area contributed by atoms with E-state index in [0.29, 0.717) is 11.5 Å². The lowest BCUT2D eigenvalue weighted by atomic mass is 9.88. The third-order valence-corrected chi connectivity index (χ3v) is 9.39. The van der Waals surface area contributed by atoms with E-state index in [1.807, 2.05) is 56.7 Å². The van der Waals surface area contributed by atoms with Crippen molar-refractivity contribution in [2.75, 3.05) is 24.3 Å². The fraction of sp³-hybridized carbons (Fsp3) is 0.412. The molecule has 0 spiro atoms. The summed E-state index contributed by atoms with van der Waals surface area (Å²) in [4.78, 5) is 42.3. The molecule has 0 saturated heterocycles. The van der Waals surface area contributed by atoms with Gasteiger partial charge in [-0.3, -0.25) is 9.59 Å². The summed E-state index contributed by atoms with van der Waals surface area (Å²) >= 11 is 3.44. The third-order valence-electron chi connectivity index (χ3n) is 8.86. The lowest BCUT2D eigenvalue weighted by Gasteiger charge is -2.31. The van der Waals surface area contributed by atoms with Crippen molar-refractivity contribution in [3.8, 4) is 0 Å². The SMILES string of the molecule is CN(C)c1nc(NC2CCC(NC(=O)C(CC(=O)c3ccc(Br)cc3)c3c[nH]c4ccccc34)CC2)nc2c1CCCC2. The van der Waals surface area contributed by atoms with Crippen molar-refractivity contribution in [1.82, 2.24) is 20.3 Å². The highest BCUT2D eigenvalue weighted by Crippen LogP contribution is 2.32. The van der Waals surface area contributed by atoms with Crippen molar-refractivity contribution in [2.24, 2.45) is 0 Å². The van der Waals surface area contributed by atoms with Gasteiger partial charge in [0.05, 0.1) is 11.6 Å². The van der Waals surface area contributed by atoms with Crippen LogP contribution >= 0.6 is 15.9 Å². The molecular formula is C34H39BrN6O2. The number of benzene rings is 2. The second kappa shape index (κ2) is 12.9. The molecule has 3 N–H and O–H groups in total. The molecule has 224 valence electrons. The van der Waals surface area contributed by atoms with Crippen LogP contribution in [-0.2, 0) is 17.6 Å². The molecule has 2 aliphatic rings. The number of nitrogens with one attached hydrogen (secondary N) is 3. The number of hydrogen-bond donors (Lipinski definition) is 3. The van der Waals surface area contributed by atoms with Gasteiger partial charge < -0.3 is 20.5 Å². The first-order valence-corrected chi connectivity index (χ1v) is 16.1. The average molecular weight is 644 g/mol. The first-order valence-electron chi connectivity index (χ1n) is 15.3. The molecule has 1 amide bonds. The van der Waals surface area contributed by atoms with E-state index in [4.69, 9.17) is 9.97 Å². The van der Waals surface area contributed by atoms with E-state index in [2.05, 4.69) is 36.4 Å². The summed E-state index contributed by atoms with van der Waals surface area (Å²) in [5.74, 6) is 1.00. The second-order valence-corrected chi connectivity index (χ2v) is 13.0. The molecule has 0 radical (unpaired) electrons. The minimum Gasteiger partial charge on any atom is -0.362 e. The number of ketones is 1. The lowest BCUT2D eigenvalue weighted by Crippen LogP contribution is -2.42. The largest absolute Gasteiger partial charge is 0.362 e. The Bertz CT molecular complexity index is 1610. The first-order chi connectivity index (χ1) is 20.9. The predicted molar refractivity (Wildman–Crippen MR) is 175 cm³/mol. The quantitative estimate of drug-likeness (QED) is 0.179. The fourth-order valence-electron chi connectivity index (χ4n) is 6.54. The van der Waals surface area contributed by atoms with Gasteiger partial charge in [0.15, 0.2) is 5.78 Å². The van der Waals surface area contributed by atoms with Crippen molar-refractivity contribution >= 4 is 50.3 Å². The lowest BCUT2D eigenvalue weighted by molar-refractivity contribution is -0.123. The number of carbonyl (C=O) groups is 2. The normalized spacial score (nSPS) is 19.0. The van der Waals surface area contributed by atoms with Gasteiger partial charge in [0, 0.05) is 65.3 Å². The number of rotatable bonds is 9. The van der Waals surface area contributed by atoms with Crippen LogP contribution in [-0.4, -0.2) is 52.8 Å². The van der Waals surface area contributed by atoms with Gasteiger partial charge in [0.2, 0.25) is 11.9 Å². The highest BCUT2D eigenvalue weighted by molar-refractivity contribution is 9.10. The van der Waals surface area contributed by atoms with Crippen LogP contribution in [0.2, 0.25) is 0 Å². The summed E-state index contributed by atoms with van der Waals surface area (Å²) in [6.45, 7) is 0. The maximum absolute atomic E-state index is 13.9. The number of aromatic amines is 1. The molecule has 43 heavy (non-hydrogen) atoms. The summed E-state index contributed by atoms with van der Waals surface area (Å²) in [5, 5.41) is 7.88. The number of nitrogens with zero attached hydrogens (tertiary/aromatic N) is 3. The molecule has 1 unspecified atom stereocenters. The van der Waals surface area contributed by atoms with Crippen LogP contribution in [0.4, 0.5) is 11.8 Å². The van der Waals surface area contributed by atoms with Crippen molar-refractivity contribution in [3.05, 3.63) is 81.6 Å². The highest BCUT2D eigenvalue weighted by atomic mass is 79.9. The van der Waals surface area contributed by atoms with E-state index in [1.54, 1.807) is 12.1 Å². The molecular weight excluding hydrogens is 604 g/mol. The Morgan fingerprint density at radius 1 is 0.977 bits per heavy atom. The van der Waals surface area contributed by atoms with Crippen molar-refractivity contribution in [1.29, 1.82) is 0 Å². The summed E-state index contributed by atoms with van der Waals surface area (Å²) in [6, 6.07) is 15.6. The number of Topliss-reactive ketones (excluding diaryl/α,β-unsaturated/α-hetero) is 1. The molecule has 4 aromatic rings. The van der Waals surface area contributed by atoms with Crippen LogP contribution in [0.15, 0.2) is 59.2 Å². The van der Waals surface area contributed by atoms with E-state index < -0.39 is 5.92 Å². The number of amides is 1. The minimum absolute atomic E-state index is 0.0482. The van der Waals surface area contributed by atoms with Gasteiger partial charge in [-0.05, 0) is 75.1 Å². The molecule has 6 rings (SSSR count). The fourth-order valence-corrected chi connectivity index (χ4v) is 6.80. The molecule has 2 aromatic carbocycles. The third kappa shape index (κ3) is 6.61. The Morgan fingerprint density at radius 3 is 2.47 bits per heavy atom. The molecule has 2 aliphatic carbocycles. The minimum atomic E-state index is -0.587. The summed E-state index contributed by atoms with van der Waals surface area (Å²) in [5.41, 5.74) is 4.88. The maximum atomic E-state index is 13.9. The monoisotopic (exact) mass is 642 g/mol. The average Bonchev–Trinajstić information content (AvgIpc) is 3.44. The Balaban J connectivity index is 1.13. The van der Waals surface area contributed by atoms with Crippen LogP contribution in [0.25, 0.3) is 10.9 Å². The standard InChI is InChI=1S/C34H39BrN6O2/c1-41(2)32-26-8-4-6-10-30(26)39-34(40-32)38-24-17-15-23(16-18-24)37-33(43)27(19-31(42)21-11-13-22(35)14-12-21)28-20-36-29-9-5-3-7-25(28)29/h3,5,7,9,11-14,20,23-24,27,36H,4,6,8,10,15-19H2,1-2H3,(H,37,43)(H,38,39,40). The molecule has 2 heterocycles. The van der Waals surface area contributed by atoms with Gasteiger partial charge in [-0.15, -0.1) is 0 Å². The molecule has 1 atom stereocenters. The maximum Gasteiger partial charge on any atom is 0.228 e. The van der Waals surface area contributed by atoms with Gasteiger partial charge in [0.1, 0.15) is 5.82 Å². The van der Waals surface area contributed by atoms with E-state index in [0.717, 1.165) is 65.3 Å². The molecule has 2 aromatic heterocycles. The Kier molecular flexibility index (Phi) is 8.79. The smallest absolute Gasteiger partial charge is 0.228 e. The van der Waals surface area contributed by atoms with Crippen LogP contribution in [0.1, 0.15) is 78.0 Å². The van der Waals surface area contributed by atoms with Gasteiger partial charge in [-0.25, -0.2) is 4.98 Å². The van der Waals surface area contributed by atoms with E-state index in [9.17, 15) is 9.59 Å². The van der Waals surface area contributed by atoms with Crippen molar-refractivity contribution in [2.45, 2.75) is 75.8 Å². The molecule has 8 nitrogen and oxygen atoms in total. The first kappa shape index (κ1) is 29.4. The van der Waals surface area contributed by atoms with Crippen LogP contribution in [0, 0.1) is 0 Å². The summed E-state index contributed by atoms with van der Waals surface area (Å²) in [7, 11) is 4.09. The van der Waals surface area contributed by atoms with Crippen LogP contribution in [0.3, 0.4) is 0 Å². The number of halogens is 1. The number of aryl methyl sites for hydroxylation is 1. The van der Waals surface area contributed by atoms with Crippen LogP contribution < -0.4 is 15.5 Å². The zero-order valence-electron chi connectivity index (χ0n) is 24.8. The number of hydrogen-bond acceptors (Lipinski definition) is 6. The zero-order valence-corrected chi connectivity index (χ0v) is 26.4. The summed E-state index contributed by atoms with van der Waals surface area (Å²) < 4.78 is 0.913. The van der Waals surface area contributed by atoms with Gasteiger partial charge in [-0.1, -0.05) is 46.3 Å². The number of aromatic nitrogens is 3. The molecule has 1 saturated carbocycles. The van der Waals surface area contributed by atoms with E-state index in [-0.39, 0.29) is 30.2 Å². The van der Waals surface area contributed by atoms with Gasteiger partial charge in [-0.2, -0.15) is 4.98 Å². The predicted octanol–water partition coefficient (Wildman–Crippen LogP) is 6.56. The van der Waals surface area contributed by atoms with Gasteiger partial charge >= 0.3 is 0 Å². The topological polar surface area (TPSA) is 103 Å². The Morgan fingerprint density at radius 2 is 1.70 bits per heavy atom. The molecule has 0 aliphatic heterocycles. The number of H-pyrrole nitrogens is 1. The Labute approximate surface area is 261 Å². The van der Waals surface area contributed by atoms with Crippen molar-refractivity contribution < 1.29 is 9.59 Å². The highest BCUT2D eigenvalue weighted by Gasteiger charge is 2.30.